The molecule has 0 aliphatic rings. The van der Waals surface area contributed by atoms with E-state index in [4.69, 9.17) is 16.0 Å². The normalized spacial score (nSPS) is 11.9. The van der Waals surface area contributed by atoms with Crippen molar-refractivity contribution in [1.82, 2.24) is 15.2 Å². The molecule has 0 aliphatic carbocycles. The molecule has 0 atom stereocenters. The highest BCUT2D eigenvalue weighted by molar-refractivity contribution is 6.19. The van der Waals surface area contributed by atoms with Crippen molar-refractivity contribution >= 4 is 23.4 Å². The molecule has 0 saturated heterocycles. The van der Waals surface area contributed by atoms with Gasteiger partial charge in [0, 0.05) is 19.0 Å². The fourth-order valence-corrected chi connectivity index (χ4v) is 2.30. The summed E-state index contributed by atoms with van der Waals surface area (Å²) >= 11 is 5.94. The van der Waals surface area contributed by atoms with Crippen LogP contribution in [0.3, 0.4) is 0 Å². The van der Waals surface area contributed by atoms with Crippen LogP contribution in [0.4, 0.5) is 0 Å². The molecule has 1 heterocycles. The Labute approximate surface area is 155 Å². The Hall–Kier alpha value is -1.56. The summed E-state index contributed by atoms with van der Waals surface area (Å²) in [7, 11) is 0. The zero-order chi connectivity index (χ0) is 19.2. The van der Waals surface area contributed by atoms with Crippen LogP contribution in [0.25, 0.3) is 0 Å². The van der Waals surface area contributed by atoms with Crippen LogP contribution in [0.1, 0.15) is 57.9 Å². The second kappa shape index (κ2) is 9.22. The van der Waals surface area contributed by atoms with Crippen LogP contribution in [0.2, 0.25) is 0 Å². The first-order chi connectivity index (χ1) is 11.6. The summed E-state index contributed by atoms with van der Waals surface area (Å²) in [6.45, 7) is 13.1. The molecule has 0 aliphatic heterocycles. The summed E-state index contributed by atoms with van der Waals surface area (Å²) in [5, 5.41) is 2.79. The van der Waals surface area contributed by atoms with Gasteiger partial charge in [-0.2, -0.15) is 0 Å². The molecule has 0 unspecified atom stereocenters. The largest absolute Gasteiger partial charge is 0.446 e. The maximum Gasteiger partial charge on any atom is 0.273 e. The molecule has 1 N–H and O–H groups in total. The predicted octanol–water partition coefficient (Wildman–Crippen LogP) is 3.31. The molecule has 0 saturated carbocycles. The first-order valence-electron chi connectivity index (χ1n) is 8.64. The molecular formula is C18H30ClN3O3. The fraction of sp³-hybridized carbons (Fsp3) is 0.722. The number of halogens is 1. The van der Waals surface area contributed by atoms with E-state index in [0.29, 0.717) is 30.8 Å². The molecule has 0 fully saturated rings. The van der Waals surface area contributed by atoms with E-state index in [1.54, 1.807) is 4.90 Å². The highest BCUT2D eigenvalue weighted by atomic mass is 35.5. The average Bonchev–Trinajstić information content (AvgIpc) is 2.99. The minimum absolute atomic E-state index is 0.0554. The minimum atomic E-state index is -0.666. The third kappa shape index (κ3) is 6.69. The van der Waals surface area contributed by atoms with E-state index in [2.05, 4.69) is 10.3 Å². The molecule has 25 heavy (non-hydrogen) atoms. The molecule has 1 aromatic rings. The van der Waals surface area contributed by atoms with E-state index in [1.807, 2.05) is 41.5 Å². The first kappa shape index (κ1) is 21.5. The van der Waals surface area contributed by atoms with Gasteiger partial charge in [-0.1, -0.05) is 27.7 Å². The Balaban J connectivity index is 2.85. The van der Waals surface area contributed by atoms with Gasteiger partial charge in [-0.05, 0) is 25.7 Å². The molecule has 7 heteroatoms. The number of aromatic nitrogens is 1. The zero-order valence-electron chi connectivity index (χ0n) is 16.1. The van der Waals surface area contributed by atoms with Crippen LogP contribution in [-0.2, 0) is 11.3 Å². The monoisotopic (exact) mass is 371 g/mol. The summed E-state index contributed by atoms with van der Waals surface area (Å²) < 4.78 is 5.40. The standard InChI is InChI=1S/C18H30ClN3O3/c1-12(2)7-20-16(23)14-10-25-15(21-14)9-22(8-13(3)4)17(24)18(5,6)11-19/h10,12-13H,7-9,11H2,1-6H3,(H,20,23). The number of hydrogen-bond acceptors (Lipinski definition) is 4. The van der Waals surface area contributed by atoms with Crippen LogP contribution in [0.15, 0.2) is 10.7 Å². The SMILES string of the molecule is CC(C)CNC(=O)c1coc(CN(CC(C)C)C(=O)C(C)(C)CCl)n1. The predicted molar refractivity (Wildman–Crippen MR) is 98.4 cm³/mol. The summed E-state index contributed by atoms with van der Waals surface area (Å²) in [6, 6.07) is 0. The van der Waals surface area contributed by atoms with Gasteiger partial charge in [0.2, 0.25) is 11.8 Å². The summed E-state index contributed by atoms with van der Waals surface area (Å²) in [4.78, 5) is 30.7. The average molecular weight is 372 g/mol. The van der Waals surface area contributed by atoms with Crippen molar-refractivity contribution in [2.24, 2.45) is 17.3 Å². The lowest BCUT2D eigenvalue weighted by Crippen LogP contribution is -2.43. The van der Waals surface area contributed by atoms with Crippen molar-refractivity contribution in [3.05, 3.63) is 17.8 Å². The third-order valence-electron chi connectivity index (χ3n) is 3.57. The molecular weight excluding hydrogens is 342 g/mol. The lowest BCUT2D eigenvalue weighted by atomic mass is 9.94. The van der Waals surface area contributed by atoms with Gasteiger partial charge in [0.15, 0.2) is 5.69 Å². The molecule has 6 nitrogen and oxygen atoms in total. The van der Waals surface area contributed by atoms with E-state index in [9.17, 15) is 9.59 Å². The zero-order valence-corrected chi connectivity index (χ0v) is 16.8. The number of alkyl halides is 1. The molecule has 0 bridgehead atoms. The second-order valence-corrected chi connectivity index (χ2v) is 8.09. The number of nitrogens with one attached hydrogen (secondary N) is 1. The molecule has 1 aromatic heterocycles. The molecule has 0 spiro atoms. The topological polar surface area (TPSA) is 75.4 Å². The maximum atomic E-state index is 12.7. The van der Waals surface area contributed by atoms with Gasteiger partial charge in [0.25, 0.3) is 5.91 Å². The second-order valence-electron chi connectivity index (χ2n) is 7.83. The summed E-state index contributed by atoms with van der Waals surface area (Å²) in [5.41, 5.74) is -0.440. The number of amides is 2. The van der Waals surface area contributed by atoms with E-state index < -0.39 is 5.41 Å². The van der Waals surface area contributed by atoms with Crippen molar-refractivity contribution in [2.45, 2.75) is 48.1 Å². The Bertz CT molecular complexity index is 582. The van der Waals surface area contributed by atoms with Crippen LogP contribution in [-0.4, -0.2) is 40.7 Å². The Kier molecular flexibility index (Phi) is 7.93. The number of carbonyl (C=O) groups excluding carboxylic acids is 2. The van der Waals surface area contributed by atoms with Crippen molar-refractivity contribution in [3.8, 4) is 0 Å². The molecule has 1 rings (SSSR count). The minimum Gasteiger partial charge on any atom is -0.446 e. The molecule has 2 amide bonds. The summed E-state index contributed by atoms with van der Waals surface area (Å²) in [6.07, 6.45) is 1.33. The Morgan fingerprint density at radius 2 is 1.92 bits per heavy atom. The van der Waals surface area contributed by atoms with Crippen molar-refractivity contribution in [1.29, 1.82) is 0 Å². The molecule has 142 valence electrons. The Morgan fingerprint density at radius 1 is 1.28 bits per heavy atom. The number of nitrogens with zero attached hydrogens (tertiary/aromatic N) is 2. The smallest absolute Gasteiger partial charge is 0.273 e. The van der Waals surface area contributed by atoms with Gasteiger partial charge in [0.1, 0.15) is 6.26 Å². The van der Waals surface area contributed by atoms with Crippen LogP contribution in [0, 0.1) is 17.3 Å². The highest BCUT2D eigenvalue weighted by Crippen LogP contribution is 2.23. The van der Waals surface area contributed by atoms with Gasteiger partial charge in [-0.15, -0.1) is 11.6 Å². The number of rotatable bonds is 9. The summed E-state index contributed by atoms with van der Waals surface area (Å²) in [5.74, 6) is 0.890. The van der Waals surface area contributed by atoms with Gasteiger partial charge in [0.05, 0.1) is 12.0 Å². The Morgan fingerprint density at radius 3 is 2.44 bits per heavy atom. The van der Waals surface area contributed by atoms with Crippen molar-refractivity contribution in [3.63, 3.8) is 0 Å². The first-order valence-corrected chi connectivity index (χ1v) is 9.18. The van der Waals surface area contributed by atoms with Gasteiger partial charge in [-0.25, -0.2) is 4.98 Å². The highest BCUT2D eigenvalue weighted by Gasteiger charge is 2.32. The van der Waals surface area contributed by atoms with Crippen molar-refractivity contribution < 1.29 is 14.0 Å². The van der Waals surface area contributed by atoms with E-state index >= 15 is 0 Å². The fourth-order valence-electron chi connectivity index (χ4n) is 2.18. The number of carbonyl (C=O) groups is 2. The van der Waals surface area contributed by atoms with E-state index in [-0.39, 0.29) is 29.9 Å². The maximum absolute atomic E-state index is 12.7. The van der Waals surface area contributed by atoms with Gasteiger partial charge in [-0.3, -0.25) is 9.59 Å². The van der Waals surface area contributed by atoms with Crippen LogP contribution < -0.4 is 5.32 Å². The number of oxazole rings is 1. The lowest BCUT2D eigenvalue weighted by molar-refractivity contribution is -0.140. The third-order valence-corrected chi connectivity index (χ3v) is 4.24. The van der Waals surface area contributed by atoms with E-state index in [0.717, 1.165) is 0 Å². The van der Waals surface area contributed by atoms with E-state index in [1.165, 1.54) is 6.26 Å². The van der Waals surface area contributed by atoms with Gasteiger partial charge >= 0.3 is 0 Å². The van der Waals surface area contributed by atoms with Gasteiger partial charge < -0.3 is 14.6 Å². The molecule has 0 aromatic carbocycles. The quantitative estimate of drug-likeness (QED) is 0.675. The lowest BCUT2D eigenvalue weighted by Gasteiger charge is -2.31. The molecule has 0 radical (unpaired) electrons. The van der Waals surface area contributed by atoms with Crippen molar-refractivity contribution in [2.75, 3.05) is 19.0 Å². The number of hydrogen-bond donors (Lipinski definition) is 1. The van der Waals surface area contributed by atoms with Crippen LogP contribution >= 0.6 is 11.6 Å². The van der Waals surface area contributed by atoms with Crippen LogP contribution in [0.5, 0.6) is 0 Å².